The number of likely N-dealkylation sites (tertiary alicyclic amines) is 1. The predicted octanol–water partition coefficient (Wildman–Crippen LogP) is 1.91. The van der Waals surface area contributed by atoms with E-state index in [0.29, 0.717) is 22.9 Å². The summed E-state index contributed by atoms with van der Waals surface area (Å²) in [7, 11) is 0. The largest absolute Gasteiger partial charge is 0.361 e. The van der Waals surface area contributed by atoms with Crippen LogP contribution in [0, 0.1) is 19.8 Å². The third-order valence-electron chi connectivity index (χ3n) is 3.82. The molecule has 1 aromatic rings. The molecule has 6 heteroatoms. The van der Waals surface area contributed by atoms with E-state index in [1.54, 1.807) is 13.8 Å². The number of aromatic nitrogens is 1. The minimum absolute atomic E-state index is 0. The number of halogens is 1. The first-order valence-corrected chi connectivity index (χ1v) is 6.48. The second-order valence-electron chi connectivity index (χ2n) is 5.19. The van der Waals surface area contributed by atoms with E-state index in [9.17, 15) is 4.79 Å². The minimum Gasteiger partial charge on any atom is -0.361 e. The van der Waals surface area contributed by atoms with Crippen LogP contribution in [0.2, 0.25) is 0 Å². The molecule has 0 aromatic carbocycles. The van der Waals surface area contributed by atoms with Crippen LogP contribution in [0.5, 0.6) is 0 Å². The molecule has 2 rings (SSSR count). The van der Waals surface area contributed by atoms with Crippen molar-refractivity contribution in [3.05, 3.63) is 17.0 Å². The number of hydrogen-bond acceptors (Lipinski definition) is 4. The van der Waals surface area contributed by atoms with E-state index in [1.165, 1.54) is 0 Å². The Labute approximate surface area is 119 Å². The molecule has 1 saturated heterocycles. The average Bonchev–Trinajstić information content (AvgIpc) is 2.68. The van der Waals surface area contributed by atoms with Crippen molar-refractivity contribution in [1.82, 2.24) is 10.1 Å². The summed E-state index contributed by atoms with van der Waals surface area (Å²) in [6.07, 6.45) is 1.96. The maximum absolute atomic E-state index is 12.4. The molecule has 1 amide bonds. The van der Waals surface area contributed by atoms with Crippen LogP contribution in [0.4, 0.5) is 0 Å². The van der Waals surface area contributed by atoms with E-state index in [2.05, 4.69) is 5.16 Å². The van der Waals surface area contributed by atoms with Crippen LogP contribution in [0.25, 0.3) is 0 Å². The number of carbonyl (C=O) groups excluding carboxylic acids is 1. The van der Waals surface area contributed by atoms with Crippen molar-refractivity contribution in [3.8, 4) is 0 Å². The number of carbonyl (C=O) groups is 1. The summed E-state index contributed by atoms with van der Waals surface area (Å²) in [4.78, 5) is 14.3. The van der Waals surface area contributed by atoms with Crippen molar-refractivity contribution in [2.24, 2.45) is 11.7 Å². The van der Waals surface area contributed by atoms with Gasteiger partial charge in [0.15, 0.2) is 0 Å². The average molecular weight is 288 g/mol. The van der Waals surface area contributed by atoms with Crippen molar-refractivity contribution >= 4 is 18.3 Å². The predicted molar refractivity (Wildman–Crippen MR) is 75.5 cm³/mol. The topological polar surface area (TPSA) is 72.4 Å². The van der Waals surface area contributed by atoms with E-state index in [0.717, 1.165) is 25.9 Å². The normalized spacial score (nSPS) is 18.0. The summed E-state index contributed by atoms with van der Waals surface area (Å²) in [6, 6.07) is 0.210. The lowest BCUT2D eigenvalue weighted by Gasteiger charge is -2.33. The van der Waals surface area contributed by atoms with Gasteiger partial charge >= 0.3 is 0 Å². The molecule has 0 saturated carbocycles. The Morgan fingerprint density at radius 3 is 2.42 bits per heavy atom. The highest BCUT2D eigenvalue weighted by Crippen LogP contribution is 2.23. The van der Waals surface area contributed by atoms with E-state index < -0.39 is 0 Å². The van der Waals surface area contributed by atoms with Crippen molar-refractivity contribution in [2.45, 2.75) is 39.7 Å². The standard InChI is InChI=1S/C13H21N3O2.ClH/c1-8(14)11-4-6-16(7-5-11)13(17)12-9(2)15-18-10(12)3;/h8,11H,4-7,14H2,1-3H3;1H. The fourth-order valence-corrected chi connectivity index (χ4v) is 2.57. The molecule has 0 radical (unpaired) electrons. The molecule has 1 atom stereocenters. The maximum Gasteiger partial charge on any atom is 0.259 e. The third kappa shape index (κ3) is 3.28. The van der Waals surface area contributed by atoms with E-state index in [-0.39, 0.29) is 24.4 Å². The van der Waals surface area contributed by atoms with Crippen LogP contribution in [-0.4, -0.2) is 35.1 Å². The Morgan fingerprint density at radius 1 is 1.42 bits per heavy atom. The molecule has 0 spiro atoms. The fourth-order valence-electron chi connectivity index (χ4n) is 2.57. The smallest absolute Gasteiger partial charge is 0.259 e. The van der Waals surface area contributed by atoms with E-state index >= 15 is 0 Å². The highest BCUT2D eigenvalue weighted by molar-refractivity contribution is 5.96. The molecule has 1 unspecified atom stereocenters. The molecule has 0 aliphatic carbocycles. The fraction of sp³-hybridized carbons (Fsp3) is 0.692. The molecule has 5 nitrogen and oxygen atoms in total. The number of hydrogen-bond donors (Lipinski definition) is 1. The first kappa shape index (κ1) is 16.0. The molecule has 2 N–H and O–H groups in total. The Balaban J connectivity index is 0.00000180. The van der Waals surface area contributed by atoms with Gasteiger partial charge in [-0.15, -0.1) is 12.4 Å². The van der Waals surface area contributed by atoms with Gasteiger partial charge < -0.3 is 15.2 Å². The van der Waals surface area contributed by atoms with Gasteiger partial charge in [0.2, 0.25) is 0 Å². The first-order valence-electron chi connectivity index (χ1n) is 6.48. The summed E-state index contributed by atoms with van der Waals surface area (Å²) in [5, 5.41) is 3.83. The number of nitrogens with zero attached hydrogens (tertiary/aromatic N) is 2. The van der Waals surface area contributed by atoms with Crippen LogP contribution in [0.15, 0.2) is 4.52 Å². The van der Waals surface area contributed by atoms with Crippen LogP contribution >= 0.6 is 12.4 Å². The Hall–Kier alpha value is -1.07. The molecular weight excluding hydrogens is 266 g/mol. The monoisotopic (exact) mass is 287 g/mol. The summed E-state index contributed by atoms with van der Waals surface area (Å²) in [5.74, 6) is 1.17. The zero-order valence-electron chi connectivity index (χ0n) is 11.7. The molecule has 0 bridgehead atoms. The van der Waals surface area contributed by atoms with Gasteiger partial charge in [0, 0.05) is 19.1 Å². The lowest BCUT2D eigenvalue weighted by atomic mass is 9.90. The SMILES string of the molecule is Cc1noc(C)c1C(=O)N1CCC(C(C)N)CC1.Cl. The van der Waals surface area contributed by atoms with Crippen molar-refractivity contribution < 1.29 is 9.32 Å². The van der Waals surface area contributed by atoms with Gasteiger partial charge in [0.1, 0.15) is 11.3 Å². The van der Waals surface area contributed by atoms with Crippen LogP contribution in [-0.2, 0) is 0 Å². The lowest BCUT2D eigenvalue weighted by molar-refractivity contribution is 0.0678. The number of aryl methyl sites for hydroxylation is 2. The van der Waals surface area contributed by atoms with Gasteiger partial charge in [0.05, 0.1) is 5.69 Å². The summed E-state index contributed by atoms with van der Waals surface area (Å²) in [5.41, 5.74) is 7.20. The molecule has 19 heavy (non-hydrogen) atoms. The highest BCUT2D eigenvalue weighted by Gasteiger charge is 2.28. The Bertz CT molecular complexity index is 418. The number of nitrogens with two attached hydrogens (primary N) is 1. The van der Waals surface area contributed by atoms with Crippen LogP contribution in [0.3, 0.4) is 0 Å². The first-order chi connectivity index (χ1) is 8.50. The van der Waals surface area contributed by atoms with Gasteiger partial charge in [-0.25, -0.2) is 0 Å². The zero-order valence-corrected chi connectivity index (χ0v) is 12.5. The van der Waals surface area contributed by atoms with Crippen molar-refractivity contribution in [1.29, 1.82) is 0 Å². The summed E-state index contributed by atoms with van der Waals surface area (Å²) >= 11 is 0. The Morgan fingerprint density at radius 2 is 2.00 bits per heavy atom. The van der Waals surface area contributed by atoms with Gasteiger partial charge in [-0.1, -0.05) is 5.16 Å². The lowest BCUT2D eigenvalue weighted by Crippen LogP contribution is -2.42. The quantitative estimate of drug-likeness (QED) is 0.902. The zero-order chi connectivity index (χ0) is 13.3. The molecule has 1 aliphatic rings. The van der Waals surface area contributed by atoms with E-state index in [4.69, 9.17) is 10.3 Å². The van der Waals surface area contributed by atoms with Gasteiger partial charge in [-0.05, 0) is 39.5 Å². The van der Waals surface area contributed by atoms with Crippen molar-refractivity contribution in [2.75, 3.05) is 13.1 Å². The summed E-state index contributed by atoms with van der Waals surface area (Å²) < 4.78 is 5.05. The summed E-state index contributed by atoms with van der Waals surface area (Å²) in [6.45, 7) is 7.17. The molecule has 2 heterocycles. The van der Waals surface area contributed by atoms with Gasteiger partial charge in [-0.3, -0.25) is 4.79 Å². The molecule has 1 fully saturated rings. The third-order valence-corrected chi connectivity index (χ3v) is 3.82. The van der Waals surface area contributed by atoms with Gasteiger partial charge in [0.25, 0.3) is 5.91 Å². The van der Waals surface area contributed by atoms with Crippen molar-refractivity contribution in [3.63, 3.8) is 0 Å². The van der Waals surface area contributed by atoms with E-state index in [1.807, 2.05) is 11.8 Å². The number of amides is 1. The second-order valence-corrected chi connectivity index (χ2v) is 5.19. The molecule has 108 valence electrons. The van der Waals surface area contributed by atoms with Crippen LogP contribution < -0.4 is 5.73 Å². The molecular formula is C13H22ClN3O2. The maximum atomic E-state index is 12.4. The molecule has 1 aromatic heterocycles. The van der Waals surface area contributed by atoms with Crippen LogP contribution in [0.1, 0.15) is 41.6 Å². The minimum atomic E-state index is 0. The highest BCUT2D eigenvalue weighted by atomic mass is 35.5. The van der Waals surface area contributed by atoms with Gasteiger partial charge in [-0.2, -0.15) is 0 Å². The number of piperidine rings is 1. The molecule has 1 aliphatic heterocycles. The Kier molecular flexibility index (Phi) is 5.38. The second kappa shape index (κ2) is 6.39. The number of rotatable bonds is 2.